The Morgan fingerprint density at radius 1 is 1.24 bits per heavy atom. The number of ether oxygens (including phenoxy) is 1. The van der Waals surface area contributed by atoms with Crippen LogP contribution in [0.4, 0.5) is 0 Å². The Morgan fingerprint density at radius 2 is 2.00 bits per heavy atom. The molecular formula is C21H32N2O2. The molecule has 1 saturated carbocycles. The van der Waals surface area contributed by atoms with Gasteiger partial charge in [0.1, 0.15) is 5.75 Å². The van der Waals surface area contributed by atoms with E-state index in [-0.39, 0.29) is 0 Å². The maximum Gasteiger partial charge on any atom is 0.237 e. The highest BCUT2D eigenvalue weighted by atomic mass is 16.5. The number of nitrogens with zero attached hydrogens (tertiary/aromatic N) is 2. The maximum absolute atomic E-state index is 12.8. The Labute approximate surface area is 152 Å². The SMILES string of the molecule is CC(C)CN(C(=O)CN1CCCC(COc2ccccc2)C1)C1CC1. The van der Waals surface area contributed by atoms with E-state index in [2.05, 4.69) is 23.6 Å². The third-order valence-electron chi connectivity index (χ3n) is 5.06. The van der Waals surface area contributed by atoms with Crippen molar-refractivity contribution in [3.8, 4) is 5.75 Å². The summed E-state index contributed by atoms with van der Waals surface area (Å²) in [5.74, 6) is 2.31. The van der Waals surface area contributed by atoms with Crippen LogP contribution in [0.1, 0.15) is 39.5 Å². The largest absolute Gasteiger partial charge is 0.493 e. The molecule has 1 aromatic rings. The Kier molecular flexibility index (Phi) is 6.35. The molecule has 0 radical (unpaired) electrons. The predicted molar refractivity (Wildman–Crippen MR) is 101 cm³/mol. The zero-order valence-electron chi connectivity index (χ0n) is 15.7. The molecule has 2 fully saturated rings. The van der Waals surface area contributed by atoms with Crippen LogP contribution in [0.5, 0.6) is 5.75 Å². The molecule has 0 bridgehead atoms. The molecule has 2 aliphatic rings. The monoisotopic (exact) mass is 344 g/mol. The van der Waals surface area contributed by atoms with E-state index in [0.29, 0.717) is 30.3 Å². The lowest BCUT2D eigenvalue weighted by Gasteiger charge is -2.34. The van der Waals surface area contributed by atoms with Crippen molar-refractivity contribution in [2.24, 2.45) is 11.8 Å². The van der Waals surface area contributed by atoms with Crippen molar-refractivity contribution < 1.29 is 9.53 Å². The molecule has 0 spiro atoms. The summed E-state index contributed by atoms with van der Waals surface area (Å²) in [6.07, 6.45) is 4.72. The second kappa shape index (κ2) is 8.70. The number of para-hydroxylation sites is 1. The van der Waals surface area contributed by atoms with Crippen molar-refractivity contribution >= 4 is 5.91 Å². The van der Waals surface area contributed by atoms with Crippen molar-refractivity contribution in [1.82, 2.24) is 9.80 Å². The number of hydrogen-bond acceptors (Lipinski definition) is 3. The van der Waals surface area contributed by atoms with Crippen LogP contribution >= 0.6 is 0 Å². The first-order valence-corrected chi connectivity index (χ1v) is 9.81. The smallest absolute Gasteiger partial charge is 0.237 e. The summed E-state index contributed by atoms with van der Waals surface area (Å²) in [6.45, 7) is 8.61. The number of likely N-dealkylation sites (tertiary alicyclic amines) is 1. The van der Waals surface area contributed by atoms with Gasteiger partial charge >= 0.3 is 0 Å². The number of rotatable bonds is 8. The van der Waals surface area contributed by atoms with Crippen molar-refractivity contribution in [1.29, 1.82) is 0 Å². The molecule has 138 valence electrons. The van der Waals surface area contributed by atoms with Gasteiger partial charge in [0.2, 0.25) is 5.91 Å². The zero-order chi connectivity index (χ0) is 17.6. The quantitative estimate of drug-likeness (QED) is 0.724. The lowest BCUT2D eigenvalue weighted by molar-refractivity contribution is -0.134. The second-order valence-electron chi connectivity index (χ2n) is 8.04. The average molecular weight is 344 g/mol. The molecule has 1 amide bonds. The first-order valence-electron chi connectivity index (χ1n) is 9.81. The Hall–Kier alpha value is -1.55. The molecule has 1 atom stereocenters. The minimum Gasteiger partial charge on any atom is -0.493 e. The standard InChI is InChI=1S/C21H32N2O2/c1-17(2)13-23(19-10-11-19)21(24)15-22-12-6-7-18(14-22)16-25-20-8-4-3-5-9-20/h3-5,8-9,17-19H,6-7,10-16H2,1-2H3. The Morgan fingerprint density at radius 3 is 2.68 bits per heavy atom. The summed E-state index contributed by atoms with van der Waals surface area (Å²) in [7, 11) is 0. The molecule has 1 aliphatic carbocycles. The maximum atomic E-state index is 12.8. The van der Waals surface area contributed by atoms with Gasteiger partial charge in [-0.25, -0.2) is 0 Å². The Bertz CT molecular complexity index is 542. The van der Waals surface area contributed by atoms with Crippen molar-refractivity contribution in [2.45, 2.75) is 45.6 Å². The first-order chi connectivity index (χ1) is 12.1. The number of carbonyl (C=O) groups excluding carboxylic acids is 1. The summed E-state index contributed by atoms with van der Waals surface area (Å²) in [5, 5.41) is 0. The van der Waals surface area contributed by atoms with Gasteiger partial charge in [0, 0.05) is 25.0 Å². The van der Waals surface area contributed by atoms with Gasteiger partial charge in [-0.3, -0.25) is 9.69 Å². The molecule has 1 heterocycles. The van der Waals surface area contributed by atoms with Crippen molar-refractivity contribution in [2.75, 3.05) is 32.8 Å². The Balaban J connectivity index is 1.46. The highest BCUT2D eigenvalue weighted by molar-refractivity contribution is 5.79. The fraction of sp³-hybridized carbons (Fsp3) is 0.667. The normalized spacial score (nSPS) is 21.3. The van der Waals surface area contributed by atoms with Gasteiger partial charge in [-0.1, -0.05) is 32.0 Å². The molecule has 1 aromatic carbocycles. The van der Waals surface area contributed by atoms with Crippen LogP contribution in [0.25, 0.3) is 0 Å². The van der Waals surface area contributed by atoms with Crippen LogP contribution in [-0.2, 0) is 4.79 Å². The highest BCUT2D eigenvalue weighted by Gasteiger charge is 2.34. The molecule has 1 saturated heterocycles. The van der Waals surface area contributed by atoms with E-state index in [9.17, 15) is 4.79 Å². The lowest BCUT2D eigenvalue weighted by atomic mass is 9.99. The van der Waals surface area contributed by atoms with Gasteiger partial charge in [-0.2, -0.15) is 0 Å². The minimum absolute atomic E-state index is 0.320. The predicted octanol–water partition coefficient (Wildman–Crippen LogP) is 3.42. The molecule has 25 heavy (non-hydrogen) atoms. The lowest BCUT2D eigenvalue weighted by Crippen LogP contribution is -2.46. The van der Waals surface area contributed by atoms with E-state index in [4.69, 9.17) is 4.74 Å². The van der Waals surface area contributed by atoms with Gasteiger partial charge in [0.25, 0.3) is 0 Å². The van der Waals surface area contributed by atoms with Crippen LogP contribution in [0.3, 0.4) is 0 Å². The summed E-state index contributed by atoms with van der Waals surface area (Å²) >= 11 is 0. The third-order valence-corrected chi connectivity index (χ3v) is 5.06. The van der Waals surface area contributed by atoms with Crippen LogP contribution in [0.2, 0.25) is 0 Å². The molecule has 1 aliphatic heterocycles. The van der Waals surface area contributed by atoms with Gasteiger partial charge in [0.05, 0.1) is 13.2 Å². The van der Waals surface area contributed by atoms with E-state index in [0.717, 1.165) is 38.4 Å². The van der Waals surface area contributed by atoms with Crippen LogP contribution in [0, 0.1) is 11.8 Å². The highest BCUT2D eigenvalue weighted by Crippen LogP contribution is 2.28. The van der Waals surface area contributed by atoms with Crippen LogP contribution in [0.15, 0.2) is 30.3 Å². The van der Waals surface area contributed by atoms with Gasteiger partial charge in [-0.05, 0) is 50.3 Å². The first kappa shape index (κ1) is 18.2. The number of hydrogen-bond donors (Lipinski definition) is 0. The molecule has 0 N–H and O–H groups in total. The summed E-state index contributed by atoms with van der Waals surface area (Å²) in [5.41, 5.74) is 0. The van der Waals surface area contributed by atoms with E-state index in [1.54, 1.807) is 0 Å². The molecule has 0 aromatic heterocycles. The molecular weight excluding hydrogens is 312 g/mol. The van der Waals surface area contributed by atoms with Crippen molar-refractivity contribution in [3.63, 3.8) is 0 Å². The van der Waals surface area contributed by atoms with E-state index in [1.807, 2.05) is 30.3 Å². The van der Waals surface area contributed by atoms with Crippen molar-refractivity contribution in [3.05, 3.63) is 30.3 Å². The number of carbonyl (C=O) groups is 1. The second-order valence-corrected chi connectivity index (χ2v) is 8.04. The van der Waals surface area contributed by atoms with E-state index < -0.39 is 0 Å². The molecule has 1 unspecified atom stereocenters. The molecule has 3 rings (SSSR count). The summed E-state index contributed by atoms with van der Waals surface area (Å²) in [6, 6.07) is 10.5. The van der Waals surface area contributed by atoms with Gasteiger partial charge < -0.3 is 9.64 Å². The topological polar surface area (TPSA) is 32.8 Å². The fourth-order valence-electron chi connectivity index (χ4n) is 3.68. The van der Waals surface area contributed by atoms with E-state index >= 15 is 0 Å². The third kappa shape index (κ3) is 5.74. The number of piperidine rings is 1. The van der Waals surface area contributed by atoms with E-state index in [1.165, 1.54) is 19.3 Å². The number of benzene rings is 1. The molecule has 4 nitrogen and oxygen atoms in total. The van der Waals surface area contributed by atoms with Gasteiger partial charge in [0.15, 0.2) is 0 Å². The average Bonchev–Trinajstić information content (AvgIpc) is 3.44. The summed E-state index contributed by atoms with van der Waals surface area (Å²) < 4.78 is 5.93. The van der Waals surface area contributed by atoms with Crippen LogP contribution < -0.4 is 4.74 Å². The fourth-order valence-corrected chi connectivity index (χ4v) is 3.68. The van der Waals surface area contributed by atoms with Crippen LogP contribution in [-0.4, -0.2) is 54.5 Å². The molecule has 4 heteroatoms. The minimum atomic E-state index is 0.320. The number of amides is 1. The van der Waals surface area contributed by atoms with Gasteiger partial charge in [-0.15, -0.1) is 0 Å². The summed E-state index contributed by atoms with van der Waals surface area (Å²) in [4.78, 5) is 17.2. The zero-order valence-corrected chi connectivity index (χ0v) is 15.7.